The fourth-order valence-corrected chi connectivity index (χ4v) is 8.54. The van der Waals surface area contributed by atoms with Crippen molar-refractivity contribution < 1.29 is 9.47 Å². The molecule has 0 spiro atoms. The van der Waals surface area contributed by atoms with Crippen LogP contribution in [0.2, 0.25) is 0 Å². The van der Waals surface area contributed by atoms with Crippen LogP contribution in [0.25, 0.3) is 0 Å². The number of hydrogen-bond acceptors (Lipinski definition) is 8. The molecule has 12 heteroatoms. The van der Waals surface area contributed by atoms with Gasteiger partial charge in [-0.15, -0.1) is 0 Å². The predicted molar refractivity (Wildman–Crippen MR) is 214 cm³/mol. The number of hydrazine groups is 1. The smallest absolute Gasteiger partial charge is 0.196 e. The van der Waals surface area contributed by atoms with Crippen molar-refractivity contribution in [3.63, 3.8) is 0 Å². The van der Waals surface area contributed by atoms with Crippen molar-refractivity contribution in [1.82, 2.24) is 29.6 Å². The Balaban J connectivity index is 1.02. The highest BCUT2D eigenvalue weighted by atomic mass is 32.1. The van der Waals surface area contributed by atoms with E-state index in [0.29, 0.717) is 0 Å². The first-order valence-electron chi connectivity index (χ1n) is 18.0. The van der Waals surface area contributed by atoms with Gasteiger partial charge in [-0.05, 0) is 84.1 Å². The van der Waals surface area contributed by atoms with Crippen LogP contribution in [0.5, 0.6) is 11.5 Å². The number of ether oxygens (including phenoxy) is 2. The third kappa shape index (κ3) is 6.71. The van der Waals surface area contributed by atoms with E-state index >= 15 is 0 Å². The number of rotatable bonds is 10. The molecule has 4 fully saturated rings. The van der Waals surface area contributed by atoms with Crippen LogP contribution in [0, 0.1) is 0 Å². The molecular weight excluding hydrogens is 689 g/mol. The lowest BCUT2D eigenvalue weighted by molar-refractivity contribution is 0.0521. The highest BCUT2D eigenvalue weighted by Crippen LogP contribution is 2.46. The monoisotopic (exact) mass is 734 g/mol. The zero-order chi connectivity index (χ0) is 35.6. The molecule has 270 valence electrons. The molecule has 10 nitrogen and oxygen atoms in total. The third-order valence-corrected chi connectivity index (χ3v) is 11.5. The van der Waals surface area contributed by atoms with Gasteiger partial charge >= 0.3 is 0 Å². The average Bonchev–Trinajstić information content (AvgIpc) is 3.65. The quantitative estimate of drug-likeness (QED) is 0.189. The molecule has 2 unspecified atom stereocenters. The summed E-state index contributed by atoms with van der Waals surface area (Å²) >= 11 is 12.9. The Labute approximate surface area is 317 Å². The van der Waals surface area contributed by atoms with Crippen LogP contribution in [0.15, 0.2) is 109 Å². The molecule has 0 saturated carbocycles. The Morgan fingerprint density at radius 3 is 1.15 bits per heavy atom. The van der Waals surface area contributed by atoms with Gasteiger partial charge < -0.3 is 29.1 Å². The van der Waals surface area contributed by atoms with Crippen LogP contribution in [-0.2, 0) is 0 Å². The molecule has 0 aliphatic carbocycles. The summed E-state index contributed by atoms with van der Waals surface area (Å²) in [7, 11) is 3.42. The lowest BCUT2D eigenvalue weighted by Gasteiger charge is -2.41. The molecule has 2 atom stereocenters. The van der Waals surface area contributed by atoms with E-state index in [2.05, 4.69) is 124 Å². The normalized spacial score (nSPS) is 21.3. The number of anilines is 2. The molecule has 0 radical (unpaired) electrons. The largest absolute Gasteiger partial charge is 0.497 e. The van der Waals surface area contributed by atoms with E-state index < -0.39 is 0 Å². The Bertz CT molecular complexity index is 1680. The fraction of sp³-hybridized carbons (Fsp3) is 0.350. The molecule has 8 rings (SSSR count). The summed E-state index contributed by atoms with van der Waals surface area (Å²) in [5, 5.41) is 6.17. The molecular formula is C40H46N8O2S2. The summed E-state index contributed by atoms with van der Waals surface area (Å²) in [6.07, 6.45) is -0.298. The molecule has 0 amide bonds. The second-order valence-electron chi connectivity index (χ2n) is 13.7. The van der Waals surface area contributed by atoms with Gasteiger partial charge in [0.05, 0.1) is 27.6 Å². The minimum Gasteiger partial charge on any atom is -0.497 e. The maximum Gasteiger partial charge on any atom is 0.196 e. The predicted octanol–water partition coefficient (Wildman–Crippen LogP) is 5.68. The van der Waals surface area contributed by atoms with Gasteiger partial charge in [-0.3, -0.25) is 9.80 Å². The van der Waals surface area contributed by atoms with E-state index in [9.17, 15) is 0 Å². The second-order valence-corrected chi connectivity index (χ2v) is 14.4. The summed E-state index contributed by atoms with van der Waals surface area (Å²) in [5.41, 5.74) is 4.80. The number of benzene rings is 4. The number of nitrogens with zero attached hydrogens (tertiary/aromatic N) is 8. The van der Waals surface area contributed by atoms with Crippen LogP contribution in [0.1, 0.15) is 23.5 Å². The molecule has 4 heterocycles. The van der Waals surface area contributed by atoms with Gasteiger partial charge in [0.25, 0.3) is 0 Å². The molecule has 4 saturated heterocycles. The highest BCUT2D eigenvalue weighted by molar-refractivity contribution is 7.80. The Kier molecular flexibility index (Phi) is 10.0. The van der Waals surface area contributed by atoms with E-state index in [1.807, 2.05) is 24.3 Å². The highest BCUT2D eigenvalue weighted by Gasteiger charge is 2.55. The van der Waals surface area contributed by atoms with Gasteiger partial charge in [0.15, 0.2) is 22.6 Å². The van der Waals surface area contributed by atoms with Crippen molar-refractivity contribution in [2.45, 2.75) is 12.3 Å². The van der Waals surface area contributed by atoms with Gasteiger partial charge in [-0.25, -0.2) is 10.0 Å². The molecule has 0 N–H and O–H groups in total. The SMILES string of the molecule is COc1ccc(N2CCN(CN3C(=S)N4C(c5ccccc5)N(CN5CCN(c6ccc(OC)cc6)CC5)C(=S)N4C3c3ccccc3)CC2)cc1. The number of piperazine rings is 2. The van der Waals surface area contributed by atoms with Crippen LogP contribution in [0.3, 0.4) is 0 Å². The average molecular weight is 735 g/mol. The third-order valence-electron chi connectivity index (χ3n) is 10.7. The van der Waals surface area contributed by atoms with Gasteiger partial charge in [0.1, 0.15) is 11.5 Å². The van der Waals surface area contributed by atoms with Gasteiger partial charge in [0, 0.05) is 63.7 Å². The zero-order valence-corrected chi connectivity index (χ0v) is 31.5. The summed E-state index contributed by atoms with van der Waals surface area (Å²) in [6.45, 7) is 8.98. The first kappa shape index (κ1) is 34.5. The summed E-state index contributed by atoms with van der Waals surface area (Å²) < 4.78 is 10.8. The molecule has 4 aromatic carbocycles. The van der Waals surface area contributed by atoms with Gasteiger partial charge in [-0.2, -0.15) is 0 Å². The van der Waals surface area contributed by atoms with E-state index in [1.54, 1.807) is 14.2 Å². The van der Waals surface area contributed by atoms with Gasteiger partial charge in [-0.1, -0.05) is 60.7 Å². The van der Waals surface area contributed by atoms with E-state index in [0.717, 1.165) is 87.4 Å². The zero-order valence-electron chi connectivity index (χ0n) is 29.8. The maximum atomic E-state index is 6.47. The van der Waals surface area contributed by atoms with Crippen molar-refractivity contribution in [1.29, 1.82) is 0 Å². The molecule has 0 bridgehead atoms. The summed E-state index contributed by atoms with van der Waals surface area (Å²) in [4.78, 5) is 14.7. The number of thiocarbonyl (C=S) groups is 2. The van der Waals surface area contributed by atoms with Crippen LogP contribution < -0.4 is 19.3 Å². The first-order chi connectivity index (χ1) is 25.5. The Morgan fingerprint density at radius 1 is 0.481 bits per heavy atom. The molecule has 4 aliphatic rings. The fourth-order valence-electron chi connectivity index (χ4n) is 7.85. The molecule has 4 aromatic rings. The Hall–Kier alpha value is -4.62. The topological polar surface area (TPSA) is 44.4 Å². The molecule has 52 heavy (non-hydrogen) atoms. The van der Waals surface area contributed by atoms with Crippen molar-refractivity contribution in [2.24, 2.45) is 0 Å². The minimum absolute atomic E-state index is 0.149. The van der Waals surface area contributed by atoms with Crippen molar-refractivity contribution in [3.05, 3.63) is 120 Å². The minimum atomic E-state index is -0.149. The lowest BCUT2D eigenvalue weighted by Crippen LogP contribution is -2.53. The van der Waals surface area contributed by atoms with Crippen molar-refractivity contribution >= 4 is 46.0 Å². The van der Waals surface area contributed by atoms with E-state index in [4.69, 9.17) is 33.9 Å². The Morgan fingerprint density at radius 2 is 0.827 bits per heavy atom. The number of hydrogen-bond donors (Lipinski definition) is 0. The standard InChI is InChI=1S/C40H46N8O2S2/c1-49-35-17-13-33(14-18-35)43-25-21-41(22-26-43)29-45-37(31-9-5-3-6-10-31)47-40(52)46(38(48(47)39(45)51)32-11-7-4-8-12-32)30-42-23-27-44(28-24-42)34-15-19-36(50-2)20-16-34/h3-20,37-38H,21-30H2,1-2H3. The summed E-state index contributed by atoms with van der Waals surface area (Å²) in [6, 6.07) is 38.1. The number of fused-ring (bicyclic) bond motifs is 1. The first-order valence-corrected chi connectivity index (χ1v) is 18.9. The van der Waals surface area contributed by atoms with Gasteiger partial charge in [0.2, 0.25) is 0 Å². The maximum absolute atomic E-state index is 6.47. The molecule has 4 aliphatic heterocycles. The van der Waals surface area contributed by atoms with E-state index in [-0.39, 0.29) is 12.3 Å². The molecule has 0 aromatic heterocycles. The van der Waals surface area contributed by atoms with Crippen molar-refractivity contribution in [3.8, 4) is 11.5 Å². The van der Waals surface area contributed by atoms with Crippen LogP contribution >= 0.6 is 24.4 Å². The van der Waals surface area contributed by atoms with Crippen LogP contribution in [0.4, 0.5) is 11.4 Å². The van der Waals surface area contributed by atoms with Crippen LogP contribution in [-0.4, -0.2) is 120 Å². The lowest BCUT2D eigenvalue weighted by atomic mass is 10.1. The number of methoxy groups -OCH3 is 2. The summed E-state index contributed by atoms with van der Waals surface area (Å²) in [5.74, 6) is 1.76. The van der Waals surface area contributed by atoms with E-state index in [1.165, 1.54) is 22.5 Å². The second kappa shape index (κ2) is 15.2. The van der Waals surface area contributed by atoms with Crippen molar-refractivity contribution in [2.75, 3.05) is 89.7 Å².